The van der Waals surface area contributed by atoms with Crippen LogP contribution in [0.1, 0.15) is 34.0 Å². The molecule has 2 amide bonds. The third kappa shape index (κ3) is 5.46. The minimum atomic E-state index is -0.476. The Balaban J connectivity index is 1.63. The van der Waals surface area contributed by atoms with Gasteiger partial charge in [-0.05, 0) is 54.3 Å². The van der Waals surface area contributed by atoms with Gasteiger partial charge in [0.15, 0.2) is 18.1 Å². The van der Waals surface area contributed by atoms with Crippen LogP contribution in [0.2, 0.25) is 0 Å². The molecule has 4 rings (SSSR count). The fourth-order valence-electron chi connectivity index (χ4n) is 4.03. The monoisotopic (exact) mass is 485 g/mol. The lowest BCUT2D eigenvalue weighted by Crippen LogP contribution is -2.42. The van der Waals surface area contributed by atoms with E-state index >= 15 is 0 Å². The van der Waals surface area contributed by atoms with Crippen LogP contribution in [-0.4, -0.2) is 49.6 Å². The van der Waals surface area contributed by atoms with E-state index in [0.29, 0.717) is 40.2 Å². The van der Waals surface area contributed by atoms with Gasteiger partial charge < -0.3 is 14.2 Å². The Labute approximate surface area is 209 Å². The molecule has 7 heteroatoms. The van der Waals surface area contributed by atoms with Gasteiger partial charge in [0.1, 0.15) is 0 Å². The van der Waals surface area contributed by atoms with Gasteiger partial charge in [-0.25, -0.2) is 4.79 Å². The largest absolute Gasteiger partial charge is 0.493 e. The lowest BCUT2D eigenvalue weighted by Gasteiger charge is -2.28. The summed E-state index contributed by atoms with van der Waals surface area (Å²) in [4.78, 5) is 39.6. The quantitative estimate of drug-likeness (QED) is 0.254. The molecule has 0 spiro atoms. The van der Waals surface area contributed by atoms with E-state index in [1.807, 2.05) is 30.3 Å². The molecule has 1 aliphatic heterocycles. The molecule has 1 aliphatic rings. The number of methoxy groups -OCH3 is 1. The van der Waals surface area contributed by atoms with Crippen molar-refractivity contribution < 1.29 is 28.6 Å². The van der Waals surface area contributed by atoms with Gasteiger partial charge >= 0.3 is 5.97 Å². The van der Waals surface area contributed by atoms with E-state index in [-0.39, 0.29) is 31.6 Å². The molecule has 0 bridgehead atoms. The van der Waals surface area contributed by atoms with Gasteiger partial charge in [0, 0.05) is 17.7 Å². The lowest BCUT2D eigenvalue weighted by atomic mass is 9.91. The molecule has 3 aromatic rings. The fraction of sp³-hybridized carbons (Fsp3) is 0.207. The first-order valence-electron chi connectivity index (χ1n) is 11.7. The maximum absolute atomic E-state index is 13.5. The summed E-state index contributed by atoms with van der Waals surface area (Å²) >= 11 is 0. The van der Waals surface area contributed by atoms with Gasteiger partial charge in [-0.2, -0.15) is 0 Å². The van der Waals surface area contributed by atoms with Crippen molar-refractivity contribution in [2.75, 3.05) is 26.9 Å². The number of rotatable bonds is 9. The molecule has 0 saturated carbocycles. The van der Waals surface area contributed by atoms with Gasteiger partial charge in [-0.1, -0.05) is 54.6 Å². The number of benzene rings is 3. The van der Waals surface area contributed by atoms with E-state index in [2.05, 4.69) is 0 Å². The van der Waals surface area contributed by atoms with E-state index < -0.39 is 5.97 Å². The Hall–Kier alpha value is -4.39. The molecule has 0 fully saturated rings. The Morgan fingerprint density at radius 3 is 2.33 bits per heavy atom. The Kier molecular flexibility index (Phi) is 7.80. The number of esters is 1. The molecule has 7 nitrogen and oxygen atoms in total. The molecular formula is C29H27NO6. The highest BCUT2D eigenvalue weighted by molar-refractivity contribution is 6.33. The third-order valence-corrected chi connectivity index (χ3v) is 5.78. The first kappa shape index (κ1) is 24.7. The van der Waals surface area contributed by atoms with E-state index in [4.69, 9.17) is 14.2 Å². The number of imide groups is 1. The Morgan fingerprint density at radius 1 is 0.889 bits per heavy atom. The van der Waals surface area contributed by atoms with Crippen LogP contribution in [0.4, 0.5) is 0 Å². The van der Waals surface area contributed by atoms with Crippen molar-refractivity contribution >= 4 is 29.4 Å². The highest BCUT2D eigenvalue weighted by Gasteiger charge is 2.34. The average molecular weight is 486 g/mol. The molecular weight excluding hydrogens is 458 g/mol. The zero-order chi connectivity index (χ0) is 25.5. The highest BCUT2D eigenvalue weighted by atomic mass is 16.6. The van der Waals surface area contributed by atoms with Gasteiger partial charge in [-0.15, -0.1) is 0 Å². The van der Waals surface area contributed by atoms with E-state index in [9.17, 15) is 14.4 Å². The van der Waals surface area contributed by atoms with Crippen molar-refractivity contribution in [3.63, 3.8) is 0 Å². The molecule has 184 valence electrons. The van der Waals surface area contributed by atoms with Crippen LogP contribution in [0.5, 0.6) is 11.5 Å². The molecule has 3 aromatic carbocycles. The number of hydrogen-bond acceptors (Lipinski definition) is 6. The van der Waals surface area contributed by atoms with Crippen molar-refractivity contribution in [1.82, 2.24) is 4.90 Å². The number of nitrogens with zero attached hydrogens (tertiary/aromatic N) is 1. The van der Waals surface area contributed by atoms with E-state index in [1.54, 1.807) is 55.5 Å². The molecule has 1 heterocycles. The normalized spacial score (nSPS) is 13.9. The molecule has 0 aromatic heterocycles. The van der Waals surface area contributed by atoms with Gasteiger partial charge in [0.05, 0.1) is 13.7 Å². The van der Waals surface area contributed by atoms with Crippen LogP contribution < -0.4 is 9.47 Å². The van der Waals surface area contributed by atoms with Crippen LogP contribution in [0, 0.1) is 0 Å². The van der Waals surface area contributed by atoms with Crippen molar-refractivity contribution in [2.45, 2.75) is 13.3 Å². The second kappa shape index (κ2) is 11.4. The molecule has 36 heavy (non-hydrogen) atoms. The maximum Gasteiger partial charge on any atom is 0.344 e. The van der Waals surface area contributed by atoms with Crippen molar-refractivity contribution in [1.29, 1.82) is 0 Å². The van der Waals surface area contributed by atoms with Crippen LogP contribution in [-0.2, 0) is 20.7 Å². The summed E-state index contributed by atoms with van der Waals surface area (Å²) in [6, 6.07) is 22.0. The number of carbonyl (C=O) groups excluding carboxylic acids is 3. The van der Waals surface area contributed by atoms with Gasteiger partial charge in [0.25, 0.3) is 11.8 Å². The molecule has 0 aliphatic carbocycles. The molecule has 0 N–H and O–H groups in total. The predicted octanol–water partition coefficient (Wildman–Crippen LogP) is 4.40. The van der Waals surface area contributed by atoms with Crippen molar-refractivity contribution in [3.8, 4) is 11.5 Å². The number of hydrogen-bond donors (Lipinski definition) is 0. The predicted molar refractivity (Wildman–Crippen MR) is 136 cm³/mol. The second-order valence-corrected chi connectivity index (χ2v) is 8.11. The summed E-state index contributed by atoms with van der Waals surface area (Å²) in [6.45, 7) is 2.03. The lowest BCUT2D eigenvalue weighted by molar-refractivity contribution is -0.145. The van der Waals surface area contributed by atoms with E-state index in [1.165, 1.54) is 12.0 Å². The van der Waals surface area contributed by atoms with Crippen molar-refractivity contribution in [2.24, 2.45) is 0 Å². The second-order valence-electron chi connectivity index (χ2n) is 8.11. The van der Waals surface area contributed by atoms with Crippen LogP contribution in [0.3, 0.4) is 0 Å². The molecule has 0 unspecified atom stereocenters. The summed E-state index contributed by atoms with van der Waals surface area (Å²) in [5.41, 5.74) is 3.22. The highest BCUT2D eigenvalue weighted by Crippen LogP contribution is 2.33. The molecule has 0 saturated heterocycles. The molecule has 0 atom stereocenters. The first-order valence-corrected chi connectivity index (χ1v) is 11.7. The standard InChI is InChI=1S/C29H27NO6/c1-3-35-27(31)19-36-25-14-13-21(18-26(25)34-2)17-24-22-11-7-8-12-23(22)28(32)30(29(24)33)16-15-20-9-5-4-6-10-20/h4-14,17-18H,3,15-16,19H2,1-2H3. The number of carbonyl (C=O) groups is 3. The van der Waals surface area contributed by atoms with Gasteiger partial charge in [-0.3, -0.25) is 14.5 Å². The number of amides is 2. The maximum atomic E-state index is 13.5. The number of ether oxygens (including phenoxy) is 3. The Morgan fingerprint density at radius 2 is 1.61 bits per heavy atom. The summed E-state index contributed by atoms with van der Waals surface area (Å²) in [7, 11) is 1.49. The first-order chi connectivity index (χ1) is 17.5. The smallest absolute Gasteiger partial charge is 0.344 e. The van der Waals surface area contributed by atoms with Crippen LogP contribution >= 0.6 is 0 Å². The summed E-state index contributed by atoms with van der Waals surface area (Å²) in [6.07, 6.45) is 2.30. The zero-order valence-electron chi connectivity index (χ0n) is 20.2. The summed E-state index contributed by atoms with van der Waals surface area (Å²) in [5, 5.41) is 0. The summed E-state index contributed by atoms with van der Waals surface area (Å²) < 4.78 is 15.9. The van der Waals surface area contributed by atoms with E-state index in [0.717, 1.165) is 5.56 Å². The third-order valence-electron chi connectivity index (χ3n) is 5.78. The fourth-order valence-corrected chi connectivity index (χ4v) is 4.03. The average Bonchev–Trinajstić information content (AvgIpc) is 2.91. The minimum absolute atomic E-state index is 0.241. The minimum Gasteiger partial charge on any atom is -0.493 e. The Bertz CT molecular complexity index is 1300. The summed E-state index contributed by atoms with van der Waals surface area (Å²) in [5.74, 6) is -0.347. The van der Waals surface area contributed by atoms with Crippen molar-refractivity contribution in [3.05, 3.63) is 95.1 Å². The topological polar surface area (TPSA) is 82.1 Å². The zero-order valence-corrected chi connectivity index (χ0v) is 20.2. The van der Waals surface area contributed by atoms with Crippen LogP contribution in [0.15, 0.2) is 72.8 Å². The van der Waals surface area contributed by atoms with Gasteiger partial charge in [0.2, 0.25) is 0 Å². The van der Waals surface area contributed by atoms with Crippen LogP contribution in [0.25, 0.3) is 11.6 Å². The number of fused-ring (bicyclic) bond motifs is 1. The SMILES string of the molecule is CCOC(=O)COc1ccc(C=C2C(=O)N(CCc3ccccc3)C(=O)c3ccccc32)cc1OC. The molecule has 0 radical (unpaired) electrons.